The van der Waals surface area contributed by atoms with Gasteiger partial charge in [-0.3, -0.25) is 9.59 Å². The van der Waals surface area contributed by atoms with Crippen molar-refractivity contribution in [2.45, 2.75) is 53.0 Å². The van der Waals surface area contributed by atoms with Gasteiger partial charge in [0.05, 0.1) is 0 Å². The molecule has 0 aromatic carbocycles. The first-order valence-corrected chi connectivity index (χ1v) is 8.63. The number of thiophene rings is 1. The molecule has 0 aliphatic heterocycles. The van der Waals surface area contributed by atoms with Gasteiger partial charge in [0, 0.05) is 47.8 Å². The van der Waals surface area contributed by atoms with Gasteiger partial charge in [0.1, 0.15) is 0 Å². The average Bonchev–Trinajstić information content (AvgIpc) is 2.79. The predicted molar refractivity (Wildman–Crippen MR) is 99.7 cm³/mol. The summed E-state index contributed by atoms with van der Waals surface area (Å²) in [4.78, 5) is 28.1. The van der Waals surface area contributed by atoms with Crippen LogP contribution < -0.4 is 5.73 Å². The molecule has 2 N–H and O–H groups in total. The minimum atomic E-state index is 0. The number of rotatable bonds is 8. The molecule has 1 atom stereocenters. The summed E-state index contributed by atoms with van der Waals surface area (Å²) in [6.07, 6.45) is 1.33. The van der Waals surface area contributed by atoms with Crippen LogP contribution in [-0.2, 0) is 4.79 Å². The van der Waals surface area contributed by atoms with Crippen molar-refractivity contribution in [2.24, 2.45) is 11.7 Å². The summed E-state index contributed by atoms with van der Waals surface area (Å²) in [6, 6.07) is 2.02. The lowest BCUT2D eigenvalue weighted by Gasteiger charge is -2.21. The minimum Gasteiger partial charge on any atom is -0.346 e. The Bertz CT molecular complexity index is 529. The molecule has 0 spiro atoms. The number of hydrogen-bond donors (Lipinski definition) is 1. The van der Waals surface area contributed by atoms with Crippen molar-refractivity contribution >= 4 is 35.4 Å². The molecule has 1 unspecified atom stereocenters. The zero-order chi connectivity index (χ0) is 16.9. The molecule has 23 heavy (non-hydrogen) atoms. The van der Waals surface area contributed by atoms with Crippen LogP contribution in [0.5, 0.6) is 0 Å². The van der Waals surface area contributed by atoms with Crippen molar-refractivity contribution < 1.29 is 9.59 Å². The van der Waals surface area contributed by atoms with Crippen molar-refractivity contribution in [1.29, 1.82) is 0 Å². The standard InChI is InChI=1S/C17H28N2O2S.ClH/c1-11(2)15(18)8-9-19(5)17(21)7-6-16(20)14-10-12(3)22-13(14)4;/h10-11,15H,6-9,18H2,1-5H3;1H. The van der Waals surface area contributed by atoms with Gasteiger partial charge in [-0.2, -0.15) is 0 Å². The van der Waals surface area contributed by atoms with Gasteiger partial charge in [-0.1, -0.05) is 13.8 Å². The monoisotopic (exact) mass is 360 g/mol. The Balaban J connectivity index is 0.00000484. The van der Waals surface area contributed by atoms with E-state index in [0.29, 0.717) is 12.5 Å². The highest BCUT2D eigenvalue weighted by atomic mass is 35.5. The zero-order valence-electron chi connectivity index (χ0n) is 14.7. The lowest BCUT2D eigenvalue weighted by Crippen LogP contribution is -2.34. The number of hydrogen-bond acceptors (Lipinski definition) is 4. The summed E-state index contributed by atoms with van der Waals surface area (Å²) in [5.41, 5.74) is 6.75. The molecule has 6 heteroatoms. The van der Waals surface area contributed by atoms with Gasteiger partial charge in [0.2, 0.25) is 5.91 Å². The maximum absolute atomic E-state index is 12.2. The molecule has 0 radical (unpaired) electrons. The van der Waals surface area contributed by atoms with E-state index in [1.165, 1.54) is 0 Å². The summed E-state index contributed by atoms with van der Waals surface area (Å²) < 4.78 is 0. The summed E-state index contributed by atoms with van der Waals surface area (Å²) in [5.74, 6) is 0.478. The van der Waals surface area contributed by atoms with Gasteiger partial charge in [-0.05, 0) is 32.3 Å². The molecular weight excluding hydrogens is 332 g/mol. The summed E-state index contributed by atoms with van der Waals surface area (Å²) in [6.45, 7) is 8.74. The second-order valence-electron chi connectivity index (χ2n) is 6.26. The van der Waals surface area contributed by atoms with Gasteiger partial charge >= 0.3 is 0 Å². The zero-order valence-corrected chi connectivity index (χ0v) is 16.4. The molecular formula is C17H29ClN2O2S. The fourth-order valence-electron chi connectivity index (χ4n) is 2.25. The lowest BCUT2D eigenvalue weighted by molar-refractivity contribution is -0.129. The SMILES string of the molecule is Cc1cc(C(=O)CCC(=O)N(C)CCC(N)C(C)C)c(C)s1.Cl. The third-order valence-electron chi connectivity index (χ3n) is 3.99. The Hall–Kier alpha value is -0.910. The maximum Gasteiger partial charge on any atom is 0.222 e. The van der Waals surface area contributed by atoms with E-state index < -0.39 is 0 Å². The van der Waals surface area contributed by atoms with E-state index in [4.69, 9.17) is 5.73 Å². The van der Waals surface area contributed by atoms with E-state index in [9.17, 15) is 9.59 Å². The van der Waals surface area contributed by atoms with Gasteiger partial charge in [-0.25, -0.2) is 0 Å². The Morgan fingerprint density at radius 2 is 1.87 bits per heavy atom. The molecule has 0 bridgehead atoms. The first-order valence-electron chi connectivity index (χ1n) is 7.82. The third kappa shape index (κ3) is 7.02. The van der Waals surface area contributed by atoms with Crippen LogP contribution in [0.4, 0.5) is 0 Å². The Labute approximate surface area is 149 Å². The van der Waals surface area contributed by atoms with Crippen molar-refractivity contribution in [3.05, 3.63) is 21.4 Å². The summed E-state index contributed by atoms with van der Waals surface area (Å²) >= 11 is 1.62. The maximum atomic E-state index is 12.2. The van der Waals surface area contributed by atoms with E-state index in [-0.39, 0.29) is 43.0 Å². The van der Waals surface area contributed by atoms with Crippen molar-refractivity contribution in [3.63, 3.8) is 0 Å². The molecule has 1 amide bonds. The molecule has 1 rings (SSSR count). The number of halogens is 1. The molecule has 132 valence electrons. The van der Waals surface area contributed by atoms with Crippen LogP contribution in [0, 0.1) is 19.8 Å². The fraction of sp³-hybridized carbons (Fsp3) is 0.647. The van der Waals surface area contributed by atoms with Crippen LogP contribution in [0.2, 0.25) is 0 Å². The number of carbonyl (C=O) groups excluding carboxylic acids is 2. The highest BCUT2D eigenvalue weighted by Crippen LogP contribution is 2.22. The highest BCUT2D eigenvalue weighted by molar-refractivity contribution is 7.12. The molecule has 0 aliphatic carbocycles. The number of amides is 1. The Kier molecular flexibility index (Phi) is 9.66. The highest BCUT2D eigenvalue weighted by Gasteiger charge is 2.16. The fourth-order valence-corrected chi connectivity index (χ4v) is 3.20. The quantitative estimate of drug-likeness (QED) is 0.720. The van der Waals surface area contributed by atoms with Crippen LogP contribution in [0.1, 0.15) is 53.2 Å². The third-order valence-corrected chi connectivity index (χ3v) is 4.95. The van der Waals surface area contributed by atoms with Gasteiger partial charge < -0.3 is 10.6 Å². The second kappa shape index (κ2) is 10.1. The van der Waals surface area contributed by atoms with Gasteiger partial charge in [0.25, 0.3) is 0 Å². The van der Waals surface area contributed by atoms with Crippen LogP contribution in [0.3, 0.4) is 0 Å². The topological polar surface area (TPSA) is 63.4 Å². The lowest BCUT2D eigenvalue weighted by atomic mass is 10.0. The first kappa shape index (κ1) is 22.1. The number of Topliss-reactive ketones (excluding diaryl/α,β-unsaturated/α-hetero) is 1. The smallest absolute Gasteiger partial charge is 0.222 e. The van der Waals surface area contributed by atoms with E-state index in [1.54, 1.807) is 23.3 Å². The molecule has 4 nitrogen and oxygen atoms in total. The van der Waals surface area contributed by atoms with Crippen LogP contribution in [-0.4, -0.2) is 36.2 Å². The van der Waals surface area contributed by atoms with E-state index in [1.807, 2.05) is 19.9 Å². The minimum absolute atomic E-state index is 0. The second-order valence-corrected chi connectivity index (χ2v) is 7.72. The number of ketones is 1. The molecule has 0 saturated carbocycles. The molecule has 1 aromatic rings. The van der Waals surface area contributed by atoms with Crippen LogP contribution in [0.15, 0.2) is 6.07 Å². The number of nitrogens with zero attached hydrogens (tertiary/aromatic N) is 1. The number of nitrogens with two attached hydrogens (primary N) is 1. The molecule has 1 aromatic heterocycles. The molecule has 0 aliphatic rings. The van der Waals surface area contributed by atoms with E-state index in [2.05, 4.69) is 13.8 Å². The molecule has 1 heterocycles. The number of carbonyl (C=O) groups is 2. The first-order chi connectivity index (χ1) is 10.2. The summed E-state index contributed by atoms with van der Waals surface area (Å²) in [5, 5.41) is 0. The van der Waals surface area contributed by atoms with Crippen molar-refractivity contribution in [3.8, 4) is 0 Å². The van der Waals surface area contributed by atoms with E-state index in [0.717, 1.165) is 21.7 Å². The largest absolute Gasteiger partial charge is 0.346 e. The Morgan fingerprint density at radius 1 is 1.26 bits per heavy atom. The van der Waals surface area contributed by atoms with Gasteiger partial charge in [-0.15, -0.1) is 23.7 Å². The number of aryl methyl sites for hydroxylation is 2. The summed E-state index contributed by atoms with van der Waals surface area (Å²) in [7, 11) is 1.78. The van der Waals surface area contributed by atoms with Crippen LogP contribution in [0.25, 0.3) is 0 Å². The van der Waals surface area contributed by atoms with Crippen LogP contribution >= 0.6 is 23.7 Å². The predicted octanol–water partition coefficient (Wildman–Crippen LogP) is 3.58. The Morgan fingerprint density at radius 3 is 2.35 bits per heavy atom. The van der Waals surface area contributed by atoms with Crippen molar-refractivity contribution in [2.75, 3.05) is 13.6 Å². The normalized spacial score (nSPS) is 12.0. The molecule has 0 saturated heterocycles. The average molecular weight is 361 g/mol. The van der Waals surface area contributed by atoms with Gasteiger partial charge in [0.15, 0.2) is 5.78 Å². The van der Waals surface area contributed by atoms with Crippen molar-refractivity contribution in [1.82, 2.24) is 4.90 Å². The van der Waals surface area contributed by atoms with E-state index >= 15 is 0 Å². The molecule has 0 fully saturated rings.